The second kappa shape index (κ2) is 6.01. The highest BCUT2D eigenvalue weighted by Crippen LogP contribution is 2.22. The van der Waals surface area contributed by atoms with E-state index in [-0.39, 0.29) is 0 Å². The molecule has 2 rings (SSSR count). The van der Waals surface area contributed by atoms with E-state index >= 15 is 0 Å². The Morgan fingerprint density at radius 1 is 1.33 bits per heavy atom. The first-order valence-corrected chi connectivity index (χ1v) is 6.33. The molecule has 0 aromatic carbocycles. The van der Waals surface area contributed by atoms with Crippen LogP contribution in [0.5, 0.6) is 0 Å². The number of halogens is 1. The summed E-state index contributed by atoms with van der Waals surface area (Å²) in [5, 5.41) is 3.04. The van der Waals surface area contributed by atoms with Gasteiger partial charge >= 0.3 is 0 Å². The largest absolute Gasteiger partial charge is 0.378 e. The van der Waals surface area contributed by atoms with Crippen LogP contribution in [0.4, 0.5) is 5.82 Å². The number of hydrogen-bond acceptors (Lipinski definition) is 6. The molecule has 18 heavy (non-hydrogen) atoms. The zero-order chi connectivity index (χ0) is 13.0. The van der Waals surface area contributed by atoms with Crippen molar-refractivity contribution >= 4 is 28.4 Å². The van der Waals surface area contributed by atoms with E-state index in [1.54, 1.807) is 25.7 Å². The van der Waals surface area contributed by atoms with Gasteiger partial charge in [0.2, 0.25) is 0 Å². The van der Waals surface area contributed by atoms with Crippen LogP contribution in [-0.2, 0) is 11.3 Å². The molecule has 1 N–H and O–H groups in total. The number of nitrogens with one attached hydrogen (secondary N) is 1. The lowest BCUT2D eigenvalue weighted by Gasteiger charge is -2.10. The van der Waals surface area contributed by atoms with Crippen molar-refractivity contribution in [2.24, 2.45) is 0 Å². The van der Waals surface area contributed by atoms with Crippen LogP contribution in [0.25, 0.3) is 11.5 Å². The molecule has 0 aliphatic heterocycles. The van der Waals surface area contributed by atoms with Gasteiger partial charge in [-0.15, -0.1) is 0 Å². The van der Waals surface area contributed by atoms with Crippen LogP contribution in [0.1, 0.15) is 5.69 Å². The predicted octanol–water partition coefficient (Wildman–Crippen LogP) is 1.73. The molecule has 0 atom stereocenters. The van der Waals surface area contributed by atoms with Crippen molar-refractivity contribution < 1.29 is 4.74 Å². The molecule has 0 saturated carbocycles. The lowest BCUT2D eigenvalue weighted by molar-refractivity contribution is 0.181. The molecule has 94 valence electrons. The number of anilines is 1. The molecule has 2 heterocycles. The van der Waals surface area contributed by atoms with Crippen molar-refractivity contribution in [2.75, 3.05) is 19.5 Å². The summed E-state index contributed by atoms with van der Waals surface area (Å²) in [4.78, 5) is 17.1. The van der Waals surface area contributed by atoms with Crippen LogP contribution in [-0.4, -0.2) is 34.1 Å². The Morgan fingerprint density at radius 3 is 2.78 bits per heavy atom. The van der Waals surface area contributed by atoms with Crippen molar-refractivity contribution in [3.8, 4) is 11.5 Å². The molecule has 0 radical (unpaired) electrons. The highest BCUT2D eigenvalue weighted by molar-refractivity contribution is 14.1. The van der Waals surface area contributed by atoms with E-state index in [1.165, 1.54) is 0 Å². The van der Waals surface area contributed by atoms with Crippen LogP contribution in [0, 0.1) is 3.57 Å². The molecule has 0 spiro atoms. The second-order valence-electron chi connectivity index (χ2n) is 3.43. The Hall–Kier alpha value is -1.35. The van der Waals surface area contributed by atoms with Crippen LogP contribution < -0.4 is 5.32 Å². The molecule has 7 heteroatoms. The Balaban J connectivity index is 2.52. The summed E-state index contributed by atoms with van der Waals surface area (Å²) in [6, 6.07) is 0. The van der Waals surface area contributed by atoms with E-state index in [1.807, 2.05) is 7.05 Å². The lowest BCUT2D eigenvalue weighted by Crippen LogP contribution is -2.06. The summed E-state index contributed by atoms with van der Waals surface area (Å²) >= 11 is 2.20. The van der Waals surface area contributed by atoms with Gasteiger partial charge in [-0.05, 0) is 22.6 Å². The molecule has 0 aliphatic carbocycles. The van der Waals surface area contributed by atoms with Crippen molar-refractivity contribution in [3.63, 3.8) is 0 Å². The topological polar surface area (TPSA) is 72.8 Å². The number of hydrogen-bond donors (Lipinski definition) is 1. The third-order valence-electron chi connectivity index (χ3n) is 2.23. The fourth-order valence-electron chi connectivity index (χ4n) is 1.42. The number of aromatic nitrogens is 4. The van der Waals surface area contributed by atoms with E-state index in [2.05, 4.69) is 47.8 Å². The molecular formula is C11H12IN5O. The number of methoxy groups -OCH3 is 1. The zero-order valence-electron chi connectivity index (χ0n) is 10.0. The Bertz CT molecular complexity index is 534. The van der Waals surface area contributed by atoms with Gasteiger partial charge in [0.25, 0.3) is 0 Å². The lowest BCUT2D eigenvalue weighted by atomic mass is 10.3. The quantitative estimate of drug-likeness (QED) is 0.841. The average Bonchev–Trinajstić information content (AvgIpc) is 2.42. The molecule has 2 aromatic heterocycles. The normalized spacial score (nSPS) is 10.4. The molecular weight excluding hydrogens is 345 g/mol. The third kappa shape index (κ3) is 2.72. The molecule has 0 unspecified atom stereocenters. The predicted molar refractivity (Wildman–Crippen MR) is 76.0 cm³/mol. The van der Waals surface area contributed by atoms with Gasteiger partial charge in [-0.3, -0.25) is 4.98 Å². The average molecular weight is 357 g/mol. The fourth-order valence-corrected chi connectivity index (χ4v) is 2.09. The van der Waals surface area contributed by atoms with E-state index in [9.17, 15) is 0 Å². The van der Waals surface area contributed by atoms with Gasteiger partial charge in [-0.2, -0.15) is 0 Å². The highest BCUT2D eigenvalue weighted by Gasteiger charge is 2.13. The van der Waals surface area contributed by atoms with Gasteiger partial charge in [0.1, 0.15) is 11.5 Å². The molecule has 0 amide bonds. The van der Waals surface area contributed by atoms with Gasteiger partial charge < -0.3 is 10.1 Å². The molecule has 6 nitrogen and oxygen atoms in total. The maximum absolute atomic E-state index is 5.14. The zero-order valence-corrected chi connectivity index (χ0v) is 12.2. The molecule has 2 aromatic rings. The first kappa shape index (κ1) is 13.1. The first-order valence-electron chi connectivity index (χ1n) is 5.25. The number of nitrogens with zero attached hydrogens (tertiary/aromatic N) is 4. The number of rotatable bonds is 4. The van der Waals surface area contributed by atoms with Crippen LogP contribution >= 0.6 is 22.6 Å². The van der Waals surface area contributed by atoms with Gasteiger partial charge in [-0.1, -0.05) is 0 Å². The summed E-state index contributed by atoms with van der Waals surface area (Å²) in [5.74, 6) is 1.30. The van der Waals surface area contributed by atoms with E-state index in [0.29, 0.717) is 18.1 Å². The molecule has 0 bridgehead atoms. The van der Waals surface area contributed by atoms with Crippen LogP contribution in [0.3, 0.4) is 0 Å². The standard InChI is InChI=1S/C11H12IN5O/c1-13-11-9(12)8(6-18-2)16-10(17-11)7-5-14-3-4-15-7/h3-5H,6H2,1-2H3,(H,13,16,17). The first-order chi connectivity index (χ1) is 8.76. The van der Waals surface area contributed by atoms with Gasteiger partial charge in [0, 0.05) is 26.6 Å². The Labute approximate surface area is 118 Å². The van der Waals surface area contributed by atoms with Crippen LogP contribution in [0.2, 0.25) is 0 Å². The van der Waals surface area contributed by atoms with Crippen molar-refractivity contribution in [1.82, 2.24) is 19.9 Å². The van der Waals surface area contributed by atoms with E-state index in [4.69, 9.17) is 4.74 Å². The summed E-state index contributed by atoms with van der Waals surface area (Å²) < 4.78 is 6.09. The summed E-state index contributed by atoms with van der Waals surface area (Å²) in [6.07, 6.45) is 4.87. The summed E-state index contributed by atoms with van der Waals surface area (Å²) in [7, 11) is 3.46. The number of ether oxygens (including phenoxy) is 1. The second-order valence-corrected chi connectivity index (χ2v) is 4.51. The minimum absolute atomic E-state index is 0.433. The molecule has 0 fully saturated rings. The third-order valence-corrected chi connectivity index (χ3v) is 3.36. The van der Waals surface area contributed by atoms with E-state index < -0.39 is 0 Å². The van der Waals surface area contributed by atoms with Gasteiger partial charge in [-0.25, -0.2) is 15.0 Å². The SMILES string of the molecule is CNc1nc(-c2cnccn2)nc(COC)c1I. The van der Waals surface area contributed by atoms with Gasteiger partial charge in [0.15, 0.2) is 5.82 Å². The maximum atomic E-state index is 5.14. The minimum atomic E-state index is 0.433. The molecule has 0 saturated heterocycles. The summed E-state index contributed by atoms with van der Waals surface area (Å²) in [5.41, 5.74) is 1.47. The summed E-state index contributed by atoms with van der Waals surface area (Å²) in [6.45, 7) is 0.433. The maximum Gasteiger partial charge on any atom is 0.182 e. The highest BCUT2D eigenvalue weighted by atomic mass is 127. The fraction of sp³-hybridized carbons (Fsp3) is 0.273. The monoisotopic (exact) mass is 357 g/mol. The van der Waals surface area contributed by atoms with Crippen molar-refractivity contribution in [1.29, 1.82) is 0 Å². The van der Waals surface area contributed by atoms with E-state index in [0.717, 1.165) is 15.1 Å². The molecule has 0 aliphatic rings. The van der Waals surface area contributed by atoms with Gasteiger partial charge in [0.05, 0.1) is 22.1 Å². The Kier molecular flexibility index (Phi) is 4.37. The smallest absolute Gasteiger partial charge is 0.182 e. The Morgan fingerprint density at radius 2 is 2.17 bits per heavy atom. The van der Waals surface area contributed by atoms with Crippen LogP contribution in [0.15, 0.2) is 18.6 Å². The van der Waals surface area contributed by atoms with Crippen molar-refractivity contribution in [2.45, 2.75) is 6.61 Å². The minimum Gasteiger partial charge on any atom is -0.378 e. The van der Waals surface area contributed by atoms with Crippen molar-refractivity contribution in [3.05, 3.63) is 27.9 Å².